The van der Waals surface area contributed by atoms with Crippen LogP contribution >= 0.6 is 0 Å². The van der Waals surface area contributed by atoms with E-state index in [2.05, 4.69) is 39.8 Å². The van der Waals surface area contributed by atoms with Crippen LogP contribution in [0.3, 0.4) is 0 Å². The number of hydrogen-bond acceptors (Lipinski definition) is 6. The number of anilines is 1. The van der Waals surface area contributed by atoms with E-state index in [4.69, 9.17) is 4.98 Å². The Hall–Kier alpha value is -3.09. The standard InChI is InChI=1S/C22H24N6O/c1-22(2)12-27(11-15-8-16-4-3-6-24-18(16)9-15)21-26-19(10-20(29)28(21)13-22)17-5-7-23-14-25-17/h3-7,10,14-15H,8-9,11-13H2,1-2H3/t15-/m1/s1. The van der Waals surface area contributed by atoms with Crippen molar-refractivity contribution in [1.29, 1.82) is 0 Å². The van der Waals surface area contributed by atoms with E-state index >= 15 is 0 Å². The summed E-state index contributed by atoms with van der Waals surface area (Å²) in [7, 11) is 0. The molecule has 0 saturated carbocycles. The van der Waals surface area contributed by atoms with E-state index in [1.807, 2.05) is 16.8 Å². The first-order chi connectivity index (χ1) is 14.0. The first-order valence-corrected chi connectivity index (χ1v) is 10.0. The van der Waals surface area contributed by atoms with Gasteiger partial charge in [-0.2, -0.15) is 0 Å². The van der Waals surface area contributed by atoms with Crippen LogP contribution in [0.4, 0.5) is 5.95 Å². The number of pyridine rings is 1. The van der Waals surface area contributed by atoms with Crippen LogP contribution in [0.15, 0.2) is 47.8 Å². The monoisotopic (exact) mass is 388 g/mol. The SMILES string of the molecule is CC1(C)CN(C[C@@H]2Cc3cccnc3C2)c2nc(-c3ccncn3)cc(=O)n2C1. The molecule has 0 radical (unpaired) electrons. The van der Waals surface area contributed by atoms with Gasteiger partial charge in [-0.05, 0) is 36.5 Å². The van der Waals surface area contributed by atoms with E-state index in [0.29, 0.717) is 23.9 Å². The van der Waals surface area contributed by atoms with E-state index < -0.39 is 0 Å². The second-order valence-electron chi connectivity index (χ2n) is 8.89. The molecular weight excluding hydrogens is 364 g/mol. The molecule has 29 heavy (non-hydrogen) atoms. The van der Waals surface area contributed by atoms with E-state index in [1.165, 1.54) is 17.6 Å². The molecule has 0 N–H and O–H groups in total. The van der Waals surface area contributed by atoms with Crippen molar-refractivity contribution in [2.75, 3.05) is 18.0 Å². The van der Waals surface area contributed by atoms with Crippen LogP contribution in [0.5, 0.6) is 0 Å². The minimum Gasteiger partial charge on any atom is -0.341 e. The molecule has 0 fully saturated rings. The summed E-state index contributed by atoms with van der Waals surface area (Å²) in [6.45, 7) is 6.81. The molecular formula is C22H24N6O. The Kier molecular flexibility index (Phi) is 4.19. The highest BCUT2D eigenvalue weighted by Crippen LogP contribution is 2.33. The zero-order valence-electron chi connectivity index (χ0n) is 16.7. The molecule has 0 bridgehead atoms. The van der Waals surface area contributed by atoms with Crippen LogP contribution in [0.2, 0.25) is 0 Å². The predicted molar refractivity (Wildman–Crippen MR) is 111 cm³/mol. The summed E-state index contributed by atoms with van der Waals surface area (Å²) >= 11 is 0. The predicted octanol–water partition coefficient (Wildman–Crippen LogP) is 2.36. The summed E-state index contributed by atoms with van der Waals surface area (Å²) in [5, 5.41) is 0. The summed E-state index contributed by atoms with van der Waals surface area (Å²) < 4.78 is 1.81. The molecule has 1 aliphatic carbocycles. The van der Waals surface area contributed by atoms with Crippen LogP contribution < -0.4 is 10.5 Å². The minimum atomic E-state index is -0.0299. The van der Waals surface area contributed by atoms with E-state index in [9.17, 15) is 4.79 Å². The van der Waals surface area contributed by atoms with Crippen molar-refractivity contribution in [1.82, 2.24) is 24.5 Å². The van der Waals surface area contributed by atoms with Crippen LogP contribution in [-0.2, 0) is 19.4 Å². The molecule has 3 aromatic rings. The fourth-order valence-electron chi connectivity index (χ4n) is 4.61. The summed E-state index contributed by atoms with van der Waals surface area (Å²) in [4.78, 5) is 32.9. The van der Waals surface area contributed by atoms with Gasteiger partial charge in [0.1, 0.15) is 6.33 Å². The fourth-order valence-corrected chi connectivity index (χ4v) is 4.61. The molecule has 2 aliphatic rings. The zero-order valence-corrected chi connectivity index (χ0v) is 16.7. The molecule has 1 aliphatic heterocycles. The molecule has 0 saturated heterocycles. The highest BCUT2D eigenvalue weighted by atomic mass is 16.1. The van der Waals surface area contributed by atoms with Crippen molar-refractivity contribution >= 4 is 5.95 Å². The summed E-state index contributed by atoms with van der Waals surface area (Å²) in [5.74, 6) is 1.22. The van der Waals surface area contributed by atoms with Crippen LogP contribution in [-0.4, -0.2) is 37.6 Å². The molecule has 1 atom stereocenters. The quantitative estimate of drug-likeness (QED) is 0.686. The summed E-state index contributed by atoms with van der Waals surface area (Å²) in [5.41, 5.74) is 3.78. The van der Waals surface area contributed by atoms with Crippen molar-refractivity contribution in [2.45, 2.75) is 33.2 Å². The second-order valence-corrected chi connectivity index (χ2v) is 8.89. The maximum absolute atomic E-state index is 12.9. The van der Waals surface area contributed by atoms with Gasteiger partial charge >= 0.3 is 0 Å². The lowest BCUT2D eigenvalue weighted by atomic mass is 9.90. The fraction of sp³-hybridized carbons (Fsp3) is 0.409. The highest BCUT2D eigenvalue weighted by Gasteiger charge is 2.34. The third-order valence-corrected chi connectivity index (χ3v) is 5.77. The molecule has 148 valence electrons. The number of rotatable bonds is 3. The Morgan fingerprint density at radius 3 is 2.79 bits per heavy atom. The number of hydrogen-bond donors (Lipinski definition) is 0. The number of nitrogens with zero attached hydrogens (tertiary/aromatic N) is 6. The van der Waals surface area contributed by atoms with Gasteiger partial charge < -0.3 is 4.90 Å². The maximum atomic E-state index is 12.9. The normalized spacial score (nSPS) is 19.7. The van der Waals surface area contributed by atoms with E-state index in [0.717, 1.165) is 31.9 Å². The lowest BCUT2D eigenvalue weighted by molar-refractivity contribution is 0.268. The van der Waals surface area contributed by atoms with E-state index in [-0.39, 0.29) is 11.0 Å². The zero-order chi connectivity index (χ0) is 20.0. The summed E-state index contributed by atoms with van der Waals surface area (Å²) in [6.07, 6.45) is 7.02. The highest BCUT2D eigenvalue weighted by molar-refractivity contribution is 5.55. The Morgan fingerprint density at radius 2 is 2.00 bits per heavy atom. The van der Waals surface area contributed by atoms with Gasteiger partial charge in [-0.25, -0.2) is 15.0 Å². The molecule has 5 rings (SSSR count). The maximum Gasteiger partial charge on any atom is 0.255 e. The van der Waals surface area contributed by atoms with Gasteiger partial charge in [0.2, 0.25) is 5.95 Å². The van der Waals surface area contributed by atoms with Crippen molar-refractivity contribution in [2.24, 2.45) is 11.3 Å². The van der Waals surface area contributed by atoms with Crippen molar-refractivity contribution in [3.63, 3.8) is 0 Å². The Labute approximate surface area is 169 Å². The number of aromatic nitrogens is 5. The molecule has 0 spiro atoms. The van der Waals surface area contributed by atoms with Gasteiger partial charge in [0.15, 0.2) is 0 Å². The lowest BCUT2D eigenvalue weighted by Crippen LogP contribution is -2.49. The topological polar surface area (TPSA) is 76.8 Å². The van der Waals surface area contributed by atoms with Crippen LogP contribution in [0.1, 0.15) is 25.1 Å². The first kappa shape index (κ1) is 18.0. The Balaban J connectivity index is 1.51. The van der Waals surface area contributed by atoms with Gasteiger partial charge in [-0.3, -0.25) is 14.3 Å². The second kappa shape index (κ2) is 6.76. The number of fused-ring (bicyclic) bond motifs is 2. The third-order valence-electron chi connectivity index (χ3n) is 5.77. The Morgan fingerprint density at radius 1 is 1.10 bits per heavy atom. The Bertz CT molecular complexity index is 1080. The van der Waals surface area contributed by atoms with Crippen LogP contribution in [0, 0.1) is 11.3 Å². The van der Waals surface area contributed by atoms with Crippen LogP contribution in [0.25, 0.3) is 11.4 Å². The van der Waals surface area contributed by atoms with Crippen molar-refractivity contribution in [3.05, 3.63) is 64.6 Å². The van der Waals surface area contributed by atoms with Gasteiger partial charge in [-0.1, -0.05) is 19.9 Å². The average Bonchev–Trinajstić information content (AvgIpc) is 3.11. The summed E-state index contributed by atoms with van der Waals surface area (Å²) in [6, 6.07) is 7.55. The molecule has 0 unspecified atom stereocenters. The molecule has 0 amide bonds. The third kappa shape index (κ3) is 3.41. The average molecular weight is 388 g/mol. The lowest BCUT2D eigenvalue weighted by Gasteiger charge is -2.41. The molecule has 7 nitrogen and oxygen atoms in total. The molecule has 7 heteroatoms. The van der Waals surface area contributed by atoms with Gasteiger partial charge in [0, 0.05) is 49.2 Å². The molecule has 4 heterocycles. The van der Waals surface area contributed by atoms with Gasteiger partial charge in [0.25, 0.3) is 5.56 Å². The largest absolute Gasteiger partial charge is 0.341 e. The van der Waals surface area contributed by atoms with E-state index in [1.54, 1.807) is 18.3 Å². The first-order valence-electron chi connectivity index (χ1n) is 10.0. The molecule has 3 aromatic heterocycles. The van der Waals surface area contributed by atoms with Gasteiger partial charge in [-0.15, -0.1) is 0 Å². The van der Waals surface area contributed by atoms with Crippen molar-refractivity contribution < 1.29 is 0 Å². The van der Waals surface area contributed by atoms with Gasteiger partial charge in [0.05, 0.1) is 11.4 Å². The smallest absolute Gasteiger partial charge is 0.255 e. The minimum absolute atomic E-state index is 0.00134. The molecule has 0 aromatic carbocycles. The van der Waals surface area contributed by atoms with Crippen molar-refractivity contribution in [3.8, 4) is 11.4 Å².